The summed E-state index contributed by atoms with van der Waals surface area (Å²) in [6.45, 7) is 1.97. The summed E-state index contributed by atoms with van der Waals surface area (Å²) in [5, 5.41) is 2.79. The van der Waals surface area contributed by atoms with Crippen molar-refractivity contribution in [3.63, 3.8) is 0 Å². The molecular formula is C15H15NO2S2. The van der Waals surface area contributed by atoms with E-state index >= 15 is 0 Å². The smallest absolute Gasteiger partial charge is 0.234 e. The number of rotatable bonds is 6. The molecular weight excluding hydrogens is 290 g/mol. The second-order valence-corrected chi connectivity index (χ2v) is 6.51. The Kier molecular flexibility index (Phi) is 5.38. The molecule has 0 saturated carbocycles. The van der Waals surface area contributed by atoms with E-state index in [0.29, 0.717) is 5.75 Å². The van der Waals surface area contributed by atoms with Crippen molar-refractivity contribution < 1.29 is 9.59 Å². The summed E-state index contributed by atoms with van der Waals surface area (Å²) < 4.78 is 0. The van der Waals surface area contributed by atoms with Gasteiger partial charge >= 0.3 is 0 Å². The van der Waals surface area contributed by atoms with Crippen LogP contribution in [0.25, 0.3) is 0 Å². The molecule has 1 amide bonds. The Bertz CT molecular complexity index is 593. The van der Waals surface area contributed by atoms with Crippen molar-refractivity contribution in [2.75, 3.05) is 16.8 Å². The molecule has 0 spiro atoms. The van der Waals surface area contributed by atoms with Gasteiger partial charge in [-0.25, -0.2) is 0 Å². The van der Waals surface area contributed by atoms with Gasteiger partial charge in [-0.05, 0) is 31.2 Å². The van der Waals surface area contributed by atoms with Gasteiger partial charge in [0.25, 0.3) is 0 Å². The molecule has 0 aliphatic heterocycles. The van der Waals surface area contributed by atoms with Gasteiger partial charge in [0.2, 0.25) is 5.91 Å². The molecule has 0 aliphatic carbocycles. The molecule has 0 saturated heterocycles. The first-order chi connectivity index (χ1) is 9.65. The lowest BCUT2D eigenvalue weighted by Crippen LogP contribution is -2.15. The third-order valence-electron chi connectivity index (χ3n) is 2.54. The maximum absolute atomic E-state index is 11.9. The van der Waals surface area contributed by atoms with E-state index in [1.165, 1.54) is 23.1 Å². The van der Waals surface area contributed by atoms with Crippen LogP contribution >= 0.6 is 23.1 Å². The van der Waals surface area contributed by atoms with Gasteiger partial charge in [0, 0.05) is 10.6 Å². The Morgan fingerprint density at radius 2 is 1.85 bits per heavy atom. The molecule has 0 aliphatic rings. The molecule has 0 atom stereocenters. The van der Waals surface area contributed by atoms with Gasteiger partial charge in [-0.15, -0.1) is 23.1 Å². The number of aryl methyl sites for hydroxylation is 1. The first-order valence-corrected chi connectivity index (χ1v) is 8.14. The Morgan fingerprint density at radius 1 is 1.10 bits per heavy atom. The molecule has 0 unspecified atom stereocenters. The van der Waals surface area contributed by atoms with Gasteiger partial charge in [-0.3, -0.25) is 9.59 Å². The van der Waals surface area contributed by atoms with E-state index in [1.807, 2.05) is 49.4 Å². The summed E-state index contributed by atoms with van der Waals surface area (Å²) in [6, 6.07) is 13.1. The monoisotopic (exact) mass is 305 g/mol. The molecule has 0 fully saturated rings. The summed E-state index contributed by atoms with van der Waals surface area (Å²) in [5.74, 6) is 0.615. The lowest BCUT2D eigenvalue weighted by Gasteiger charge is -2.04. The highest BCUT2D eigenvalue weighted by Crippen LogP contribution is 2.17. The van der Waals surface area contributed by atoms with E-state index in [0.717, 1.165) is 15.4 Å². The number of benzene rings is 1. The summed E-state index contributed by atoms with van der Waals surface area (Å²) in [4.78, 5) is 25.4. The predicted molar refractivity (Wildman–Crippen MR) is 85.8 cm³/mol. The average molecular weight is 305 g/mol. The van der Waals surface area contributed by atoms with Crippen molar-refractivity contribution in [2.45, 2.75) is 6.92 Å². The standard InChI is InChI=1S/C15H15NO2S2/c1-11-7-8-14(20-11)13(17)9-19-10-15(18)16-12-5-3-2-4-6-12/h2-8H,9-10H2,1H3,(H,16,18). The highest BCUT2D eigenvalue weighted by Gasteiger charge is 2.10. The summed E-state index contributed by atoms with van der Waals surface area (Å²) in [5.41, 5.74) is 0.776. The molecule has 1 heterocycles. The maximum Gasteiger partial charge on any atom is 0.234 e. The third-order valence-corrected chi connectivity index (χ3v) is 4.51. The summed E-state index contributed by atoms with van der Waals surface area (Å²) >= 11 is 2.83. The van der Waals surface area contributed by atoms with E-state index in [2.05, 4.69) is 5.32 Å². The van der Waals surface area contributed by atoms with Crippen LogP contribution in [0.4, 0.5) is 5.69 Å². The number of thioether (sulfide) groups is 1. The van der Waals surface area contributed by atoms with Gasteiger partial charge in [0.05, 0.1) is 16.4 Å². The Labute approximate surface area is 126 Å². The van der Waals surface area contributed by atoms with Crippen LogP contribution in [0.3, 0.4) is 0 Å². The molecule has 1 aromatic carbocycles. The Balaban J connectivity index is 1.73. The molecule has 20 heavy (non-hydrogen) atoms. The molecule has 1 aromatic heterocycles. The van der Waals surface area contributed by atoms with E-state index in [9.17, 15) is 9.59 Å². The van der Waals surface area contributed by atoms with Gasteiger partial charge in [-0.1, -0.05) is 18.2 Å². The van der Waals surface area contributed by atoms with E-state index in [-0.39, 0.29) is 17.4 Å². The Hall–Kier alpha value is -1.59. The van der Waals surface area contributed by atoms with Crippen molar-refractivity contribution in [3.8, 4) is 0 Å². The first kappa shape index (κ1) is 14.8. The number of hydrogen-bond donors (Lipinski definition) is 1. The van der Waals surface area contributed by atoms with Crippen LogP contribution in [0.1, 0.15) is 14.5 Å². The fourth-order valence-electron chi connectivity index (χ4n) is 1.61. The summed E-state index contributed by atoms with van der Waals surface area (Å²) in [6.07, 6.45) is 0. The number of ketones is 1. The van der Waals surface area contributed by atoms with Crippen LogP contribution in [-0.2, 0) is 4.79 Å². The van der Waals surface area contributed by atoms with Crippen molar-refractivity contribution >= 4 is 40.5 Å². The number of thiophene rings is 1. The van der Waals surface area contributed by atoms with Crippen molar-refractivity contribution in [3.05, 3.63) is 52.2 Å². The number of amides is 1. The topological polar surface area (TPSA) is 46.2 Å². The number of carbonyl (C=O) groups excluding carboxylic acids is 2. The van der Waals surface area contributed by atoms with Gasteiger partial charge in [-0.2, -0.15) is 0 Å². The van der Waals surface area contributed by atoms with Crippen LogP contribution in [0.15, 0.2) is 42.5 Å². The second-order valence-electron chi connectivity index (χ2n) is 4.24. The quantitative estimate of drug-likeness (QED) is 0.829. The zero-order valence-electron chi connectivity index (χ0n) is 11.1. The van der Waals surface area contributed by atoms with Gasteiger partial charge < -0.3 is 5.32 Å². The minimum Gasteiger partial charge on any atom is -0.325 e. The van der Waals surface area contributed by atoms with Crippen LogP contribution in [-0.4, -0.2) is 23.2 Å². The summed E-state index contributed by atoms with van der Waals surface area (Å²) in [7, 11) is 0. The first-order valence-electron chi connectivity index (χ1n) is 6.17. The number of hydrogen-bond acceptors (Lipinski definition) is 4. The van der Waals surface area contributed by atoms with Gasteiger partial charge in [0.1, 0.15) is 0 Å². The molecule has 0 radical (unpaired) electrons. The predicted octanol–water partition coefficient (Wildman–Crippen LogP) is 3.61. The molecule has 5 heteroatoms. The minimum absolute atomic E-state index is 0.0839. The highest BCUT2D eigenvalue weighted by molar-refractivity contribution is 8.00. The maximum atomic E-state index is 11.9. The fourth-order valence-corrected chi connectivity index (χ4v) is 3.21. The molecule has 1 N–H and O–H groups in total. The lowest BCUT2D eigenvalue weighted by atomic mass is 10.3. The molecule has 104 valence electrons. The molecule has 2 rings (SSSR count). The zero-order valence-corrected chi connectivity index (χ0v) is 12.7. The molecule has 2 aromatic rings. The highest BCUT2D eigenvalue weighted by atomic mass is 32.2. The Morgan fingerprint density at radius 3 is 2.50 bits per heavy atom. The van der Waals surface area contributed by atoms with Crippen molar-refractivity contribution in [1.82, 2.24) is 0 Å². The molecule has 0 bridgehead atoms. The lowest BCUT2D eigenvalue weighted by molar-refractivity contribution is -0.113. The minimum atomic E-state index is -0.0867. The number of nitrogens with one attached hydrogen (secondary N) is 1. The number of Topliss-reactive ketones (excluding diaryl/α,β-unsaturated/α-hetero) is 1. The number of para-hydroxylation sites is 1. The fraction of sp³-hybridized carbons (Fsp3) is 0.200. The normalized spacial score (nSPS) is 10.2. The van der Waals surface area contributed by atoms with Crippen LogP contribution < -0.4 is 5.32 Å². The average Bonchev–Trinajstić information content (AvgIpc) is 2.86. The van der Waals surface area contributed by atoms with Crippen molar-refractivity contribution in [1.29, 1.82) is 0 Å². The van der Waals surface area contributed by atoms with E-state index in [1.54, 1.807) is 0 Å². The van der Waals surface area contributed by atoms with Gasteiger partial charge in [0.15, 0.2) is 5.78 Å². The number of carbonyl (C=O) groups is 2. The van der Waals surface area contributed by atoms with Crippen LogP contribution in [0.5, 0.6) is 0 Å². The largest absolute Gasteiger partial charge is 0.325 e. The van der Waals surface area contributed by atoms with Crippen molar-refractivity contribution in [2.24, 2.45) is 0 Å². The third kappa shape index (κ3) is 4.51. The number of anilines is 1. The van der Waals surface area contributed by atoms with Crippen LogP contribution in [0.2, 0.25) is 0 Å². The zero-order chi connectivity index (χ0) is 14.4. The van der Waals surface area contributed by atoms with Crippen LogP contribution in [0, 0.1) is 6.92 Å². The second kappa shape index (κ2) is 7.26. The molecule has 3 nitrogen and oxygen atoms in total. The van der Waals surface area contributed by atoms with E-state index < -0.39 is 0 Å². The van der Waals surface area contributed by atoms with E-state index in [4.69, 9.17) is 0 Å². The SMILES string of the molecule is Cc1ccc(C(=O)CSCC(=O)Nc2ccccc2)s1.